The molecule has 4 aromatic rings. The second-order valence-electron chi connectivity index (χ2n) is 8.21. The maximum Gasteiger partial charge on any atom is 0.363 e. The molecule has 1 aromatic heterocycles. The van der Waals surface area contributed by atoms with Crippen molar-refractivity contribution in [3.63, 3.8) is 0 Å². The van der Waals surface area contributed by atoms with E-state index in [1.807, 2.05) is 0 Å². The Morgan fingerprint density at radius 3 is 2.38 bits per heavy atom. The van der Waals surface area contributed by atoms with Gasteiger partial charge in [0.25, 0.3) is 0 Å². The van der Waals surface area contributed by atoms with E-state index in [0.717, 1.165) is 4.70 Å². The predicted molar refractivity (Wildman–Crippen MR) is 158 cm³/mol. The van der Waals surface area contributed by atoms with E-state index in [1.165, 1.54) is 38.7 Å². The summed E-state index contributed by atoms with van der Waals surface area (Å²) in [6, 6.07) is 13.4. The number of benzene rings is 3. The van der Waals surface area contributed by atoms with Gasteiger partial charge in [0.15, 0.2) is 17.2 Å². The lowest BCUT2D eigenvalue weighted by atomic mass is 10.1. The molecule has 0 saturated heterocycles. The van der Waals surface area contributed by atoms with Crippen LogP contribution in [-0.2, 0) is 9.53 Å². The summed E-state index contributed by atoms with van der Waals surface area (Å²) >= 11 is 17.1. The summed E-state index contributed by atoms with van der Waals surface area (Å²) < 4.78 is 28.7. The topological polar surface area (TPSA) is 92.7 Å². The number of ether oxygens (including phenoxy) is 5. The van der Waals surface area contributed by atoms with E-state index >= 15 is 0 Å². The van der Waals surface area contributed by atoms with Crippen LogP contribution < -0.4 is 18.9 Å². The van der Waals surface area contributed by atoms with Crippen molar-refractivity contribution in [2.45, 2.75) is 0 Å². The summed E-state index contributed by atoms with van der Waals surface area (Å²) in [5.41, 5.74) is 0.838. The number of thiophene rings is 1. The summed E-state index contributed by atoms with van der Waals surface area (Å²) in [4.78, 5) is 30.5. The van der Waals surface area contributed by atoms with Gasteiger partial charge in [0.05, 0.1) is 26.4 Å². The first kappa shape index (κ1) is 28.0. The summed E-state index contributed by atoms with van der Waals surface area (Å²) in [6.45, 7) is 0. The van der Waals surface area contributed by atoms with Crippen molar-refractivity contribution in [2.75, 3.05) is 21.3 Å². The summed E-state index contributed by atoms with van der Waals surface area (Å²) in [7, 11) is 4.44. The number of nitrogens with zero attached hydrogens (tertiary/aromatic N) is 1. The minimum Gasteiger partial charge on any atom is -0.493 e. The maximum atomic E-state index is 13.1. The molecule has 0 fully saturated rings. The molecule has 2 heterocycles. The zero-order chi connectivity index (χ0) is 28.6. The van der Waals surface area contributed by atoms with E-state index in [1.54, 1.807) is 48.5 Å². The van der Waals surface area contributed by atoms with E-state index < -0.39 is 11.9 Å². The molecular weight excluding hydrogens is 645 g/mol. The molecule has 204 valence electrons. The Bertz CT molecular complexity index is 1720. The van der Waals surface area contributed by atoms with Gasteiger partial charge in [-0.1, -0.05) is 45.2 Å². The van der Waals surface area contributed by atoms with Gasteiger partial charge in [-0.25, -0.2) is 14.6 Å². The maximum absolute atomic E-state index is 13.1. The SMILES string of the molecule is COc1cc(C2=N/C(=C/c3cc(Br)ccc3OC(=O)c3sc4cc(Cl)ccc4c3Cl)C(=O)O2)cc(OC)c1OC. The van der Waals surface area contributed by atoms with Crippen LogP contribution in [0.3, 0.4) is 0 Å². The Morgan fingerprint density at radius 1 is 0.975 bits per heavy atom. The molecule has 0 aliphatic carbocycles. The third-order valence-electron chi connectivity index (χ3n) is 5.78. The van der Waals surface area contributed by atoms with E-state index in [-0.39, 0.29) is 27.2 Å². The Balaban J connectivity index is 1.49. The Kier molecular flexibility index (Phi) is 8.04. The molecule has 0 saturated carbocycles. The number of methoxy groups -OCH3 is 3. The van der Waals surface area contributed by atoms with E-state index in [9.17, 15) is 9.59 Å². The van der Waals surface area contributed by atoms with Crippen molar-refractivity contribution in [1.29, 1.82) is 0 Å². The summed E-state index contributed by atoms with van der Waals surface area (Å²) in [6.07, 6.45) is 1.47. The number of rotatable bonds is 7. The lowest BCUT2D eigenvalue weighted by Crippen LogP contribution is -2.08. The van der Waals surface area contributed by atoms with Crippen LogP contribution in [0.4, 0.5) is 0 Å². The number of fused-ring (bicyclic) bond motifs is 1. The highest BCUT2D eigenvalue weighted by Crippen LogP contribution is 2.40. The first-order chi connectivity index (χ1) is 19.2. The van der Waals surface area contributed by atoms with E-state index in [4.69, 9.17) is 46.9 Å². The van der Waals surface area contributed by atoms with Crippen LogP contribution in [0.25, 0.3) is 16.2 Å². The molecule has 0 bridgehead atoms. The fraction of sp³-hybridized carbons (Fsp3) is 0.107. The van der Waals surface area contributed by atoms with Crippen LogP contribution in [0.5, 0.6) is 23.0 Å². The second-order valence-corrected chi connectivity index (χ2v) is 11.0. The Morgan fingerprint density at radius 2 is 1.70 bits per heavy atom. The number of carbonyl (C=O) groups is 2. The molecular formula is C28H18BrCl2NO7S. The molecule has 0 atom stereocenters. The first-order valence-electron chi connectivity index (χ1n) is 11.4. The lowest BCUT2D eigenvalue weighted by Gasteiger charge is -2.13. The van der Waals surface area contributed by atoms with Gasteiger partial charge in [-0.15, -0.1) is 11.3 Å². The van der Waals surface area contributed by atoms with E-state index in [2.05, 4.69) is 20.9 Å². The first-order valence-corrected chi connectivity index (χ1v) is 13.8. The highest BCUT2D eigenvalue weighted by atomic mass is 79.9. The van der Waals surface area contributed by atoms with Gasteiger partial charge < -0.3 is 23.7 Å². The zero-order valence-electron chi connectivity index (χ0n) is 21.0. The molecule has 5 rings (SSSR count). The Labute approximate surface area is 250 Å². The van der Waals surface area contributed by atoms with Crippen LogP contribution in [0.2, 0.25) is 10.0 Å². The highest BCUT2D eigenvalue weighted by Gasteiger charge is 2.27. The quantitative estimate of drug-likeness (QED) is 0.115. The average molecular weight is 663 g/mol. The van der Waals surface area contributed by atoms with Crippen molar-refractivity contribution in [1.82, 2.24) is 0 Å². The molecule has 1 aliphatic rings. The second kappa shape index (κ2) is 11.5. The fourth-order valence-electron chi connectivity index (χ4n) is 3.93. The van der Waals surface area contributed by atoms with Gasteiger partial charge in [0.2, 0.25) is 11.6 Å². The van der Waals surface area contributed by atoms with Gasteiger partial charge >= 0.3 is 11.9 Å². The molecule has 1 aliphatic heterocycles. The van der Waals surface area contributed by atoms with Crippen LogP contribution in [0, 0.1) is 0 Å². The predicted octanol–water partition coefficient (Wildman–Crippen LogP) is 7.56. The van der Waals surface area contributed by atoms with Crippen molar-refractivity contribution in [2.24, 2.45) is 4.99 Å². The normalized spacial score (nSPS) is 13.8. The molecule has 12 heteroatoms. The number of esters is 2. The minimum atomic E-state index is -0.689. The Hall–Kier alpha value is -3.57. The molecule has 0 unspecified atom stereocenters. The largest absolute Gasteiger partial charge is 0.493 e. The number of hydrogen-bond donors (Lipinski definition) is 0. The van der Waals surface area contributed by atoms with Gasteiger partial charge in [0, 0.05) is 30.7 Å². The van der Waals surface area contributed by atoms with Crippen LogP contribution in [-0.4, -0.2) is 39.2 Å². The standard InChI is InChI=1S/C28H18BrCl2NO7S/c1-35-20-10-14(11-21(36-2)24(20)37-3)26-32-18(27(33)39-26)9-13-8-15(29)4-7-19(13)38-28(34)25-23(31)17-6-5-16(30)12-22(17)40-25/h4-12H,1-3H3/b18-9+. The fourth-order valence-corrected chi connectivity index (χ4v) is 5.97. The van der Waals surface area contributed by atoms with Gasteiger partial charge in [0.1, 0.15) is 10.6 Å². The van der Waals surface area contributed by atoms with Gasteiger partial charge in [-0.3, -0.25) is 0 Å². The third-order valence-corrected chi connectivity index (χ3v) is 8.14. The minimum absolute atomic E-state index is 0.00585. The van der Waals surface area contributed by atoms with Crippen molar-refractivity contribution < 1.29 is 33.3 Å². The number of hydrogen-bond acceptors (Lipinski definition) is 9. The zero-order valence-corrected chi connectivity index (χ0v) is 25.0. The van der Waals surface area contributed by atoms with Crippen molar-refractivity contribution >= 4 is 84.5 Å². The number of halogens is 3. The third kappa shape index (κ3) is 5.40. The number of cyclic esters (lactones) is 1. The molecule has 3 aromatic carbocycles. The van der Waals surface area contributed by atoms with Crippen molar-refractivity contribution in [3.05, 3.63) is 84.8 Å². The van der Waals surface area contributed by atoms with Gasteiger partial charge in [-0.2, -0.15) is 0 Å². The van der Waals surface area contributed by atoms with E-state index in [0.29, 0.717) is 43.3 Å². The molecule has 40 heavy (non-hydrogen) atoms. The molecule has 0 radical (unpaired) electrons. The number of carbonyl (C=O) groups excluding carboxylic acids is 2. The lowest BCUT2D eigenvalue weighted by molar-refractivity contribution is -0.129. The molecule has 0 N–H and O–H groups in total. The number of aliphatic imine (C=N–C) groups is 1. The average Bonchev–Trinajstić information content (AvgIpc) is 3.47. The monoisotopic (exact) mass is 661 g/mol. The van der Waals surface area contributed by atoms with Crippen LogP contribution in [0.15, 0.2) is 63.7 Å². The molecule has 0 amide bonds. The summed E-state index contributed by atoms with van der Waals surface area (Å²) in [5, 5.41) is 1.50. The highest BCUT2D eigenvalue weighted by molar-refractivity contribution is 9.10. The van der Waals surface area contributed by atoms with Gasteiger partial charge in [-0.05, 0) is 48.5 Å². The van der Waals surface area contributed by atoms with Crippen LogP contribution in [0.1, 0.15) is 20.8 Å². The molecule has 0 spiro atoms. The summed E-state index contributed by atoms with van der Waals surface area (Å²) in [5.74, 6) is 0.0197. The van der Waals surface area contributed by atoms with Crippen LogP contribution >= 0.6 is 50.5 Å². The molecule has 8 nitrogen and oxygen atoms in total. The van der Waals surface area contributed by atoms with Crippen molar-refractivity contribution in [3.8, 4) is 23.0 Å². The smallest absolute Gasteiger partial charge is 0.363 e.